The molecule has 2 aliphatic rings. The number of anilines is 1. The minimum absolute atomic E-state index is 0.0719. The number of hydrogen-bond acceptors (Lipinski definition) is 4. The van der Waals surface area contributed by atoms with Crippen molar-refractivity contribution in [2.75, 3.05) is 23.0 Å². The highest BCUT2D eigenvalue weighted by Crippen LogP contribution is 2.31. The van der Waals surface area contributed by atoms with Gasteiger partial charge in [0.1, 0.15) is 0 Å². The lowest BCUT2D eigenvalue weighted by Gasteiger charge is -2.32. The van der Waals surface area contributed by atoms with Crippen LogP contribution < -0.4 is 4.90 Å². The molecule has 3 rings (SSSR count). The summed E-state index contributed by atoms with van der Waals surface area (Å²) in [6, 6.07) is 7.85. The molecule has 0 amide bonds. The van der Waals surface area contributed by atoms with Crippen LogP contribution in [0.4, 0.5) is 5.69 Å². The van der Waals surface area contributed by atoms with Crippen molar-refractivity contribution < 1.29 is 13.5 Å². The molecule has 0 radical (unpaired) electrons. The van der Waals surface area contributed by atoms with E-state index in [2.05, 4.69) is 11.0 Å². The number of benzene rings is 1. The molecule has 19 heavy (non-hydrogen) atoms. The number of rotatable bonds is 1. The standard InChI is InChI=1S/C14H19NO3S/c16-14-10-19(17,18)9-13(14)15-8-4-3-6-11-5-1-2-7-12(11)15/h1-2,5,7,13-14,16H,3-4,6,8-10H2. The molecule has 0 saturated carbocycles. The van der Waals surface area contributed by atoms with E-state index >= 15 is 0 Å². The summed E-state index contributed by atoms with van der Waals surface area (Å²) in [6.07, 6.45) is 2.42. The highest BCUT2D eigenvalue weighted by molar-refractivity contribution is 7.91. The van der Waals surface area contributed by atoms with E-state index in [0.29, 0.717) is 0 Å². The largest absolute Gasteiger partial charge is 0.390 e. The van der Waals surface area contributed by atoms with Gasteiger partial charge in [-0.15, -0.1) is 0 Å². The Morgan fingerprint density at radius 1 is 1.16 bits per heavy atom. The molecule has 5 heteroatoms. The molecule has 4 nitrogen and oxygen atoms in total. The zero-order valence-electron chi connectivity index (χ0n) is 10.8. The maximum atomic E-state index is 11.7. The molecule has 2 atom stereocenters. The molecule has 1 N–H and O–H groups in total. The lowest BCUT2D eigenvalue weighted by molar-refractivity contribution is 0.178. The van der Waals surface area contributed by atoms with Crippen molar-refractivity contribution in [3.05, 3.63) is 29.8 Å². The van der Waals surface area contributed by atoms with Crippen LogP contribution >= 0.6 is 0 Å². The molecule has 2 unspecified atom stereocenters. The van der Waals surface area contributed by atoms with Crippen LogP contribution in [0.25, 0.3) is 0 Å². The molecular weight excluding hydrogens is 262 g/mol. The van der Waals surface area contributed by atoms with Crippen molar-refractivity contribution in [1.82, 2.24) is 0 Å². The second kappa shape index (κ2) is 4.80. The van der Waals surface area contributed by atoms with Gasteiger partial charge in [0.05, 0.1) is 23.7 Å². The number of nitrogens with zero attached hydrogens (tertiary/aromatic N) is 1. The van der Waals surface area contributed by atoms with Gasteiger partial charge in [-0.05, 0) is 30.9 Å². The average molecular weight is 281 g/mol. The van der Waals surface area contributed by atoms with E-state index in [4.69, 9.17) is 0 Å². The number of para-hydroxylation sites is 1. The smallest absolute Gasteiger partial charge is 0.155 e. The normalized spacial score (nSPS) is 29.8. The summed E-state index contributed by atoms with van der Waals surface area (Å²) in [5.41, 5.74) is 2.36. The summed E-state index contributed by atoms with van der Waals surface area (Å²) in [5, 5.41) is 10.1. The molecular formula is C14H19NO3S. The van der Waals surface area contributed by atoms with Gasteiger partial charge in [-0.3, -0.25) is 0 Å². The van der Waals surface area contributed by atoms with Gasteiger partial charge in [-0.1, -0.05) is 18.2 Å². The molecule has 0 bridgehead atoms. The number of hydrogen-bond donors (Lipinski definition) is 1. The second-order valence-corrected chi connectivity index (χ2v) is 7.64. The highest BCUT2D eigenvalue weighted by atomic mass is 32.2. The van der Waals surface area contributed by atoms with Crippen molar-refractivity contribution >= 4 is 15.5 Å². The molecule has 0 aliphatic carbocycles. The molecule has 1 aromatic carbocycles. The molecule has 2 heterocycles. The first-order valence-corrected chi connectivity index (χ1v) is 8.62. The van der Waals surface area contributed by atoms with Gasteiger partial charge in [0, 0.05) is 12.2 Å². The Morgan fingerprint density at radius 2 is 1.95 bits per heavy atom. The van der Waals surface area contributed by atoms with Gasteiger partial charge in [0.25, 0.3) is 0 Å². The second-order valence-electron chi connectivity index (χ2n) is 5.49. The van der Waals surface area contributed by atoms with E-state index in [0.717, 1.165) is 31.5 Å². The fourth-order valence-corrected chi connectivity index (χ4v) is 4.97. The Kier molecular flexibility index (Phi) is 3.27. The quantitative estimate of drug-likeness (QED) is 0.834. The first-order chi connectivity index (χ1) is 9.07. The van der Waals surface area contributed by atoms with Crippen LogP contribution in [0.15, 0.2) is 24.3 Å². The molecule has 104 valence electrons. The summed E-state index contributed by atoms with van der Waals surface area (Å²) in [6.45, 7) is 0.828. The molecule has 0 spiro atoms. The minimum Gasteiger partial charge on any atom is -0.390 e. The van der Waals surface area contributed by atoms with Crippen LogP contribution in [0.2, 0.25) is 0 Å². The van der Waals surface area contributed by atoms with Crippen molar-refractivity contribution in [1.29, 1.82) is 0 Å². The third-order valence-electron chi connectivity index (χ3n) is 4.09. The van der Waals surface area contributed by atoms with Crippen molar-refractivity contribution in [3.8, 4) is 0 Å². The summed E-state index contributed by atoms with van der Waals surface area (Å²) < 4.78 is 23.4. The zero-order chi connectivity index (χ0) is 13.5. The lowest BCUT2D eigenvalue weighted by atomic mass is 10.1. The fourth-order valence-electron chi connectivity index (χ4n) is 3.17. The molecule has 1 aromatic rings. The van der Waals surface area contributed by atoms with Crippen molar-refractivity contribution in [3.63, 3.8) is 0 Å². The third-order valence-corrected chi connectivity index (χ3v) is 5.79. The SMILES string of the molecule is O=S1(=O)CC(O)C(N2CCCCc3ccccc32)C1. The van der Waals surface area contributed by atoms with Gasteiger partial charge in [0.2, 0.25) is 0 Å². The highest BCUT2D eigenvalue weighted by Gasteiger charge is 2.40. The maximum absolute atomic E-state index is 11.7. The number of aryl methyl sites for hydroxylation is 1. The topological polar surface area (TPSA) is 57.6 Å². The van der Waals surface area contributed by atoms with Crippen LogP contribution in [0.5, 0.6) is 0 Å². The first-order valence-electron chi connectivity index (χ1n) is 6.80. The van der Waals surface area contributed by atoms with E-state index in [1.165, 1.54) is 5.56 Å². The summed E-state index contributed by atoms with van der Waals surface area (Å²) in [5.74, 6) is -0.0289. The van der Waals surface area contributed by atoms with Gasteiger partial charge < -0.3 is 10.0 Å². The summed E-state index contributed by atoms with van der Waals surface area (Å²) in [4.78, 5) is 2.11. The van der Waals surface area contributed by atoms with E-state index in [1.54, 1.807) is 0 Å². The fraction of sp³-hybridized carbons (Fsp3) is 0.571. The average Bonchev–Trinajstić information content (AvgIpc) is 2.55. The Labute approximate surface area is 114 Å². The summed E-state index contributed by atoms with van der Waals surface area (Å²) >= 11 is 0. The number of sulfone groups is 1. The predicted octanol–water partition coefficient (Wildman–Crippen LogP) is 0.987. The first kappa shape index (κ1) is 12.9. The predicted molar refractivity (Wildman–Crippen MR) is 75.2 cm³/mol. The van der Waals surface area contributed by atoms with Gasteiger partial charge in [-0.25, -0.2) is 8.42 Å². The van der Waals surface area contributed by atoms with Crippen molar-refractivity contribution in [2.24, 2.45) is 0 Å². The van der Waals surface area contributed by atoms with Gasteiger partial charge in [-0.2, -0.15) is 0 Å². The molecule has 2 aliphatic heterocycles. The van der Waals surface area contributed by atoms with Gasteiger partial charge in [0.15, 0.2) is 9.84 Å². The Hall–Kier alpha value is -1.07. The van der Waals surface area contributed by atoms with Crippen LogP contribution in [0.3, 0.4) is 0 Å². The van der Waals surface area contributed by atoms with Crippen molar-refractivity contribution in [2.45, 2.75) is 31.4 Å². The molecule has 1 saturated heterocycles. The van der Waals surface area contributed by atoms with E-state index in [1.807, 2.05) is 18.2 Å². The van der Waals surface area contributed by atoms with E-state index in [9.17, 15) is 13.5 Å². The van der Waals surface area contributed by atoms with Gasteiger partial charge >= 0.3 is 0 Å². The molecule has 0 aromatic heterocycles. The Morgan fingerprint density at radius 3 is 2.68 bits per heavy atom. The number of fused-ring (bicyclic) bond motifs is 1. The van der Waals surface area contributed by atoms with E-state index in [-0.39, 0.29) is 17.5 Å². The third kappa shape index (κ3) is 2.49. The lowest BCUT2D eigenvalue weighted by Crippen LogP contribution is -2.43. The van der Waals surface area contributed by atoms with E-state index < -0.39 is 15.9 Å². The Bertz CT molecular complexity index is 570. The van der Waals surface area contributed by atoms with Crippen LogP contribution in [0.1, 0.15) is 18.4 Å². The maximum Gasteiger partial charge on any atom is 0.155 e. The van der Waals surface area contributed by atoms with Crippen LogP contribution in [-0.2, 0) is 16.3 Å². The number of aliphatic hydroxyl groups is 1. The summed E-state index contributed by atoms with van der Waals surface area (Å²) in [7, 11) is -3.10. The Balaban J connectivity index is 1.97. The van der Waals surface area contributed by atoms with Crippen LogP contribution in [-0.4, -0.2) is 43.7 Å². The van der Waals surface area contributed by atoms with Crippen LogP contribution in [0, 0.1) is 0 Å². The zero-order valence-corrected chi connectivity index (χ0v) is 11.6. The molecule has 1 fully saturated rings. The number of aliphatic hydroxyl groups excluding tert-OH is 1. The monoisotopic (exact) mass is 281 g/mol. The minimum atomic E-state index is -3.10.